The van der Waals surface area contributed by atoms with E-state index in [1.807, 2.05) is 6.07 Å². The van der Waals surface area contributed by atoms with E-state index in [9.17, 15) is 28.8 Å². The molecule has 69 heavy (non-hydrogen) atoms. The summed E-state index contributed by atoms with van der Waals surface area (Å²) in [4.78, 5) is 84.7. The number of thioether (sulfide) groups is 1. The van der Waals surface area contributed by atoms with Gasteiger partial charge in [0.25, 0.3) is 0 Å². The van der Waals surface area contributed by atoms with Crippen LogP contribution in [0.5, 0.6) is 17.2 Å². The fourth-order valence-electron chi connectivity index (χ4n) is 7.60. The van der Waals surface area contributed by atoms with E-state index in [1.54, 1.807) is 79.1 Å². The molecule has 4 aromatic carbocycles. The zero-order valence-electron chi connectivity index (χ0n) is 38.8. The Kier molecular flexibility index (Phi) is 18.1. The molecule has 1 aliphatic carbocycles. The lowest BCUT2D eigenvalue weighted by atomic mass is 9.95. The van der Waals surface area contributed by atoms with Crippen LogP contribution in [0.3, 0.4) is 0 Å². The lowest BCUT2D eigenvalue weighted by molar-refractivity contribution is -0.227. The van der Waals surface area contributed by atoms with Gasteiger partial charge in [-0.15, -0.1) is 16.2 Å². The predicted octanol–water partition coefficient (Wildman–Crippen LogP) is 6.67. The van der Waals surface area contributed by atoms with Crippen LogP contribution in [0.1, 0.15) is 55.5 Å². The van der Waals surface area contributed by atoms with Gasteiger partial charge in [0, 0.05) is 26.3 Å². The molecule has 2 amide bonds. The summed E-state index contributed by atoms with van der Waals surface area (Å²) in [5.74, 6) is -1.26. The minimum Gasteiger partial charge on any atom is -0.493 e. The number of carbonyl (C=O) groups excluding carboxylic acids is 5. The Morgan fingerprint density at radius 3 is 1.99 bits per heavy atom. The Balaban J connectivity index is 1.51. The molecule has 5 atom stereocenters. The van der Waals surface area contributed by atoms with Crippen molar-refractivity contribution in [2.75, 3.05) is 34.2 Å². The van der Waals surface area contributed by atoms with Crippen molar-refractivity contribution in [1.82, 2.24) is 15.2 Å². The van der Waals surface area contributed by atoms with Crippen LogP contribution in [0, 0.1) is 0 Å². The zero-order chi connectivity index (χ0) is 49.6. The minimum atomic E-state index is -1.50. The average Bonchev–Trinajstić information content (AvgIpc) is 3.58. The van der Waals surface area contributed by atoms with Crippen molar-refractivity contribution >= 4 is 59.0 Å². The summed E-state index contributed by atoms with van der Waals surface area (Å²) in [5.41, 5.74) is 5.82. The van der Waals surface area contributed by atoms with Crippen molar-refractivity contribution in [3.8, 4) is 28.4 Å². The summed E-state index contributed by atoms with van der Waals surface area (Å²) in [5, 5.41) is 2.93. The highest BCUT2D eigenvalue weighted by Crippen LogP contribution is 2.51. The molecule has 1 heterocycles. The lowest BCUT2D eigenvalue weighted by Crippen LogP contribution is -2.62. The molecule has 1 saturated heterocycles. The number of aryl methyl sites for hydroxylation is 1. The van der Waals surface area contributed by atoms with E-state index >= 15 is 0 Å². The number of hydrogen-bond donors (Lipinski definition) is 2. The second kappa shape index (κ2) is 24.4. The highest BCUT2D eigenvalue weighted by atomic mass is 32.2. The largest absolute Gasteiger partial charge is 0.493 e. The molecule has 6 rings (SSSR count). The van der Waals surface area contributed by atoms with Crippen molar-refractivity contribution in [3.05, 3.63) is 117 Å². The monoisotopic (exact) mass is 988 g/mol. The van der Waals surface area contributed by atoms with Crippen LogP contribution in [0.25, 0.3) is 11.1 Å². The van der Waals surface area contributed by atoms with Gasteiger partial charge in [-0.05, 0) is 65.1 Å². The molecule has 2 aliphatic rings. The molecule has 0 aromatic heterocycles. The number of hydrogen-bond acceptors (Lipinski definition) is 18. The molecule has 4 aromatic rings. The van der Waals surface area contributed by atoms with Crippen molar-refractivity contribution < 1.29 is 66.6 Å². The third-order valence-electron chi connectivity index (χ3n) is 10.5. The Hall–Kier alpha value is -6.97. The standard InChI is InChI=1S/C48H52N4O15S2/c1-27(53)65-38-26-62-45(44(67-29(3)55)42(38)66-28(2)54)50-46(69-52(48(58)64-25-31-16-12-9-13-17-31)51-47(57)63-24-30-14-10-8-11-15-30)49-35-20-18-32-22-37(59-4)41(60-5)43(61-6)40(32)33-19-21-39(68-7)36(56)23-34(33)35/h8-17,19,21-23,35,38,42,44-45H,18,20,24-26H2,1-7H3,(H,49,50)(H,51,57)/t35-,38+,42+,44+,45-/m1/s1. The first kappa shape index (κ1) is 51.4. The number of hydrazine groups is 1. The number of nitrogens with one attached hydrogen (secondary N) is 2. The number of ether oxygens (including phenoxy) is 9. The Labute approximate surface area is 406 Å². The summed E-state index contributed by atoms with van der Waals surface area (Å²) in [6.07, 6.45) is -5.31. The fourth-order valence-corrected chi connectivity index (χ4v) is 8.83. The molecule has 366 valence electrons. The number of esters is 3. The van der Waals surface area contributed by atoms with Crippen molar-refractivity contribution in [2.24, 2.45) is 4.99 Å². The van der Waals surface area contributed by atoms with E-state index in [4.69, 9.17) is 47.6 Å². The van der Waals surface area contributed by atoms with Gasteiger partial charge in [-0.1, -0.05) is 66.7 Å². The quantitative estimate of drug-likeness (QED) is 0.0271. The van der Waals surface area contributed by atoms with Crippen molar-refractivity contribution in [1.29, 1.82) is 0 Å². The molecule has 1 aliphatic heterocycles. The molecule has 2 N–H and O–H groups in total. The molecule has 21 heteroatoms. The summed E-state index contributed by atoms with van der Waals surface area (Å²) in [6.45, 7) is 2.68. The predicted molar refractivity (Wildman–Crippen MR) is 253 cm³/mol. The van der Waals surface area contributed by atoms with E-state index in [-0.39, 0.29) is 36.8 Å². The zero-order valence-corrected chi connectivity index (χ0v) is 40.5. The van der Waals surface area contributed by atoms with Crippen LogP contribution in [0.4, 0.5) is 9.59 Å². The molecule has 0 radical (unpaired) electrons. The Bertz CT molecular complexity index is 2590. The molecular formula is C48H52N4O15S2. The van der Waals surface area contributed by atoms with Crippen LogP contribution < -0.4 is 30.4 Å². The Morgan fingerprint density at radius 2 is 1.39 bits per heavy atom. The number of rotatable bonds is 13. The molecule has 0 saturated carbocycles. The number of benzene rings is 3. The molecule has 0 bridgehead atoms. The second-order valence-corrected chi connectivity index (χ2v) is 17.0. The lowest BCUT2D eigenvalue weighted by Gasteiger charge is -2.41. The number of carbonyl (C=O) groups is 5. The first-order valence-electron chi connectivity index (χ1n) is 21.4. The van der Waals surface area contributed by atoms with E-state index in [0.717, 1.165) is 30.7 Å². The summed E-state index contributed by atoms with van der Waals surface area (Å²) < 4.78 is 52.3. The number of amides is 2. The number of methoxy groups -OCH3 is 3. The second-order valence-electron chi connectivity index (χ2n) is 15.2. The van der Waals surface area contributed by atoms with Gasteiger partial charge < -0.3 is 47.9 Å². The number of fused-ring (bicyclic) bond motifs is 3. The third-order valence-corrected chi connectivity index (χ3v) is 12.1. The number of amidine groups is 1. The smallest absolute Gasteiger partial charge is 0.440 e. The van der Waals surface area contributed by atoms with Crippen LogP contribution in [0.2, 0.25) is 0 Å². The maximum absolute atomic E-state index is 14.2. The van der Waals surface area contributed by atoms with Gasteiger partial charge >= 0.3 is 30.1 Å². The van der Waals surface area contributed by atoms with Gasteiger partial charge in [-0.3, -0.25) is 24.2 Å². The van der Waals surface area contributed by atoms with E-state index in [0.29, 0.717) is 68.3 Å². The topological polar surface area (TPSA) is 225 Å². The van der Waals surface area contributed by atoms with Gasteiger partial charge in [0.15, 0.2) is 46.6 Å². The third kappa shape index (κ3) is 13.4. The average molecular weight is 989 g/mol. The normalized spacial score (nSPS) is 18.4. The van der Waals surface area contributed by atoms with Gasteiger partial charge in [-0.25, -0.2) is 15.0 Å². The number of aliphatic imine (C=N–C) groups is 1. The van der Waals surface area contributed by atoms with Gasteiger partial charge in [-0.2, -0.15) is 0 Å². The molecule has 0 spiro atoms. The summed E-state index contributed by atoms with van der Waals surface area (Å²) >= 11 is 1.79. The Morgan fingerprint density at radius 1 is 0.768 bits per heavy atom. The van der Waals surface area contributed by atoms with Gasteiger partial charge in [0.05, 0.1) is 50.8 Å². The maximum Gasteiger partial charge on any atom is 0.440 e. The maximum atomic E-state index is 14.2. The van der Waals surface area contributed by atoms with Crippen LogP contribution in [-0.2, 0) is 62.4 Å². The number of nitrogens with zero attached hydrogens (tertiary/aromatic N) is 2. The van der Waals surface area contributed by atoms with Gasteiger partial charge in [0.1, 0.15) is 13.2 Å². The molecular weight excluding hydrogens is 937 g/mol. The van der Waals surface area contributed by atoms with Crippen molar-refractivity contribution in [3.63, 3.8) is 0 Å². The van der Waals surface area contributed by atoms with Crippen molar-refractivity contribution in [2.45, 2.75) is 82.3 Å². The van der Waals surface area contributed by atoms with E-state index < -0.39 is 60.7 Å². The SMILES string of the molecule is COc1cc2c(c(OC)c1OC)-c1ccc(SC)c(=O)cc1[C@H](N=C(N[C@@H]1OC[C@H](OC(C)=O)[C@H](OC(C)=O)[C@@H]1OC(C)=O)SN(NC(=O)OCc1ccccc1)C(=O)OCc1ccccc1)CC2. The van der Waals surface area contributed by atoms with Crippen LogP contribution >= 0.6 is 23.7 Å². The van der Waals surface area contributed by atoms with E-state index in [1.165, 1.54) is 39.2 Å². The van der Waals surface area contributed by atoms with Crippen LogP contribution in [-0.4, -0.2) is 98.4 Å². The summed E-state index contributed by atoms with van der Waals surface area (Å²) in [6, 6.07) is 23.6. The van der Waals surface area contributed by atoms with E-state index in [2.05, 4.69) is 10.7 Å². The first-order valence-corrected chi connectivity index (χ1v) is 23.4. The molecule has 1 fully saturated rings. The fraction of sp³-hybridized carbons (Fsp3) is 0.354. The summed E-state index contributed by atoms with van der Waals surface area (Å²) in [7, 11) is 4.48. The molecule has 0 unspecified atom stereocenters. The first-order chi connectivity index (χ1) is 33.2. The highest BCUT2D eigenvalue weighted by Gasteiger charge is 2.48. The van der Waals surface area contributed by atoms with Crippen LogP contribution in [0.15, 0.2) is 99.6 Å². The minimum absolute atomic E-state index is 0.157. The van der Waals surface area contributed by atoms with Gasteiger partial charge in [0.2, 0.25) is 5.75 Å². The molecule has 19 nitrogen and oxygen atoms in total. The highest BCUT2D eigenvalue weighted by molar-refractivity contribution is 8.12.